The molecule has 48 heavy (non-hydrogen) atoms. The van der Waals surface area contributed by atoms with Gasteiger partial charge in [0, 0.05) is 50.5 Å². The molecule has 2 aromatic heterocycles. The van der Waals surface area contributed by atoms with Gasteiger partial charge in [-0.15, -0.1) is 5.10 Å². The van der Waals surface area contributed by atoms with E-state index in [1.807, 2.05) is 54.7 Å². The molecule has 0 bridgehead atoms. The Morgan fingerprint density at radius 1 is 1.19 bits per heavy atom. The third-order valence-corrected chi connectivity index (χ3v) is 7.73. The largest absolute Gasteiger partial charge is 0.490 e. The SMILES string of the molecule is C1COCCN1.C=N/C=C(\C=N/CNc1cn(C2CCCCC2)nc1OCc1nccn1C)c1ccc(Cl)c(OCCN=CN)c1.CC. The summed E-state index contributed by atoms with van der Waals surface area (Å²) in [6.07, 6.45) is 16.2. The predicted octanol–water partition coefficient (Wildman–Crippen LogP) is 5.53. The number of ether oxygens (including phenoxy) is 3. The molecule has 1 saturated heterocycles. The van der Waals surface area contributed by atoms with Crippen LogP contribution in [0.1, 0.15) is 63.4 Å². The third kappa shape index (κ3) is 12.8. The molecule has 3 aromatic rings. The summed E-state index contributed by atoms with van der Waals surface area (Å²) in [6, 6.07) is 5.86. The molecular formula is C34H51ClN10O3. The van der Waals surface area contributed by atoms with Crippen LogP contribution in [0.4, 0.5) is 5.69 Å². The molecule has 2 fully saturated rings. The Morgan fingerprint density at radius 3 is 2.62 bits per heavy atom. The Kier molecular flexibility index (Phi) is 17.8. The number of nitrogens with two attached hydrogens (primary N) is 1. The summed E-state index contributed by atoms with van der Waals surface area (Å²) in [5.41, 5.74) is 7.65. The van der Waals surface area contributed by atoms with Gasteiger partial charge < -0.3 is 35.1 Å². The molecule has 0 radical (unpaired) electrons. The van der Waals surface area contributed by atoms with Crippen molar-refractivity contribution in [3.8, 4) is 11.6 Å². The summed E-state index contributed by atoms with van der Waals surface area (Å²) in [7, 11) is 1.94. The standard InChI is InChI=1S/C28H36ClN9O2.C4H9NO.C2H6/c1-31-15-22(21-8-9-24(29)26(14-21)39-13-11-32-19-30)16-33-20-35-25-17-38(23-6-4-3-5-7-23)36-28(25)40-18-27-34-10-12-37(27)2;1-3-6-4-2-5-1;1-2/h8-10,12,14-17,19,23,35H,1,3-7,11,13,18,20H2,2H3,(H2,30,32);5H,1-4H2;1-2H3/b22-15+,33-16-;;. The van der Waals surface area contributed by atoms with E-state index >= 15 is 0 Å². The molecule has 5 rings (SSSR count). The first-order valence-electron chi connectivity index (χ1n) is 16.6. The van der Waals surface area contributed by atoms with Crippen molar-refractivity contribution in [3.63, 3.8) is 0 Å². The van der Waals surface area contributed by atoms with E-state index in [1.54, 1.807) is 24.7 Å². The van der Waals surface area contributed by atoms with Gasteiger partial charge in [0.2, 0.25) is 0 Å². The molecule has 3 heterocycles. The second-order valence-corrected chi connectivity index (χ2v) is 11.1. The van der Waals surface area contributed by atoms with Crippen LogP contribution in [0.2, 0.25) is 5.02 Å². The van der Waals surface area contributed by atoms with E-state index in [-0.39, 0.29) is 0 Å². The minimum Gasteiger partial charge on any atom is -0.490 e. The number of hydrogen-bond donors (Lipinski definition) is 3. The number of morpholine rings is 1. The summed E-state index contributed by atoms with van der Waals surface area (Å²) in [5, 5.41) is 11.8. The van der Waals surface area contributed by atoms with E-state index in [9.17, 15) is 0 Å². The van der Waals surface area contributed by atoms with E-state index in [2.05, 4.69) is 37.3 Å². The average molecular weight is 683 g/mol. The topological polar surface area (TPSA) is 150 Å². The van der Waals surface area contributed by atoms with Crippen molar-refractivity contribution in [2.75, 3.05) is 51.4 Å². The van der Waals surface area contributed by atoms with Crippen molar-refractivity contribution in [2.24, 2.45) is 27.8 Å². The number of anilines is 1. The van der Waals surface area contributed by atoms with Crippen molar-refractivity contribution in [1.82, 2.24) is 24.6 Å². The second kappa shape index (κ2) is 22.4. The Bertz CT molecular complexity index is 1430. The molecule has 13 nitrogen and oxygen atoms in total. The first-order chi connectivity index (χ1) is 23.6. The summed E-state index contributed by atoms with van der Waals surface area (Å²) in [4.78, 5) is 16.8. The Morgan fingerprint density at radius 2 is 1.98 bits per heavy atom. The average Bonchev–Trinajstić information content (AvgIpc) is 3.75. The number of nitrogens with one attached hydrogen (secondary N) is 2. The van der Waals surface area contributed by atoms with Gasteiger partial charge in [0.1, 0.15) is 37.1 Å². The lowest BCUT2D eigenvalue weighted by molar-refractivity contribution is 0.109. The van der Waals surface area contributed by atoms with E-state index in [4.69, 9.17) is 36.6 Å². The number of rotatable bonds is 14. The van der Waals surface area contributed by atoms with Crippen LogP contribution >= 0.6 is 11.6 Å². The quantitative estimate of drug-likeness (QED) is 0.114. The van der Waals surface area contributed by atoms with Gasteiger partial charge in [0.15, 0.2) is 0 Å². The summed E-state index contributed by atoms with van der Waals surface area (Å²) in [6.45, 7) is 12.8. The maximum atomic E-state index is 6.31. The van der Waals surface area contributed by atoms with Crippen LogP contribution in [0.25, 0.3) is 5.57 Å². The number of nitrogens with zero attached hydrogens (tertiary/aromatic N) is 7. The van der Waals surface area contributed by atoms with Crippen LogP contribution in [0, 0.1) is 0 Å². The van der Waals surface area contributed by atoms with Gasteiger partial charge in [-0.1, -0.05) is 50.8 Å². The molecule has 1 aliphatic carbocycles. The zero-order valence-corrected chi connectivity index (χ0v) is 29.2. The minimum atomic E-state index is 0.303. The summed E-state index contributed by atoms with van der Waals surface area (Å²) >= 11 is 6.31. The normalized spacial score (nSPS) is 15.4. The molecule has 262 valence electrons. The van der Waals surface area contributed by atoms with Crippen molar-refractivity contribution in [3.05, 3.63) is 59.4 Å². The third-order valence-electron chi connectivity index (χ3n) is 7.42. The number of aliphatic imine (C=N–C) groups is 3. The second-order valence-electron chi connectivity index (χ2n) is 10.7. The van der Waals surface area contributed by atoms with Crippen LogP contribution < -0.4 is 25.8 Å². The molecule has 0 amide bonds. The first kappa shape index (κ1) is 38.2. The highest BCUT2D eigenvalue weighted by Gasteiger charge is 2.20. The minimum absolute atomic E-state index is 0.303. The zero-order chi connectivity index (χ0) is 34.4. The van der Waals surface area contributed by atoms with Gasteiger partial charge in [0.25, 0.3) is 5.88 Å². The number of halogens is 1. The van der Waals surface area contributed by atoms with Gasteiger partial charge >= 0.3 is 0 Å². The molecule has 1 saturated carbocycles. The molecule has 1 aromatic carbocycles. The lowest BCUT2D eigenvalue weighted by atomic mass is 9.96. The van der Waals surface area contributed by atoms with Gasteiger partial charge in [-0.2, -0.15) is 0 Å². The molecule has 0 unspecified atom stereocenters. The number of allylic oxidation sites excluding steroid dienone is 1. The monoisotopic (exact) mass is 682 g/mol. The molecule has 2 aliphatic rings. The summed E-state index contributed by atoms with van der Waals surface area (Å²) in [5.74, 6) is 1.89. The molecule has 0 atom stereocenters. The highest BCUT2D eigenvalue weighted by atomic mass is 35.5. The van der Waals surface area contributed by atoms with E-state index in [0.29, 0.717) is 49.1 Å². The van der Waals surface area contributed by atoms with Crippen LogP contribution in [-0.2, 0) is 18.4 Å². The fraction of sp³-hybridized carbons (Fsp3) is 0.500. The maximum Gasteiger partial charge on any atom is 0.257 e. The fourth-order valence-electron chi connectivity index (χ4n) is 4.95. The summed E-state index contributed by atoms with van der Waals surface area (Å²) < 4.78 is 20.8. The van der Waals surface area contributed by atoms with Crippen molar-refractivity contribution >= 4 is 42.1 Å². The Balaban J connectivity index is 0.000000692. The molecular weight excluding hydrogens is 632 g/mol. The van der Waals surface area contributed by atoms with Gasteiger partial charge in [-0.05, 0) is 37.3 Å². The van der Waals surface area contributed by atoms with Crippen molar-refractivity contribution in [1.29, 1.82) is 0 Å². The van der Waals surface area contributed by atoms with Gasteiger partial charge in [0.05, 0.1) is 43.4 Å². The number of imidazole rings is 1. The first-order valence-corrected chi connectivity index (χ1v) is 17.0. The molecule has 0 spiro atoms. The van der Waals surface area contributed by atoms with E-state index < -0.39 is 0 Å². The van der Waals surface area contributed by atoms with Gasteiger partial charge in [-0.3, -0.25) is 19.7 Å². The lowest BCUT2D eigenvalue weighted by Gasteiger charge is -2.21. The van der Waals surface area contributed by atoms with Crippen LogP contribution in [0.5, 0.6) is 11.6 Å². The van der Waals surface area contributed by atoms with E-state index in [0.717, 1.165) is 61.8 Å². The lowest BCUT2D eigenvalue weighted by Crippen LogP contribution is -2.30. The smallest absolute Gasteiger partial charge is 0.257 e. The zero-order valence-electron chi connectivity index (χ0n) is 28.5. The van der Waals surface area contributed by atoms with E-state index in [1.165, 1.54) is 25.6 Å². The van der Waals surface area contributed by atoms with Crippen LogP contribution in [-0.4, -0.2) is 84.7 Å². The molecule has 1 aliphatic heterocycles. The number of benzene rings is 1. The number of hydrogen-bond acceptors (Lipinski definition) is 10. The van der Waals surface area contributed by atoms with Crippen molar-refractivity contribution < 1.29 is 14.2 Å². The van der Waals surface area contributed by atoms with Gasteiger partial charge in [-0.25, -0.2) is 4.98 Å². The Labute approximate surface area is 289 Å². The molecule has 14 heteroatoms. The molecule has 4 N–H and O–H groups in total. The maximum absolute atomic E-state index is 6.31. The highest BCUT2D eigenvalue weighted by molar-refractivity contribution is 6.32. The van der Waals surface area contributed by atoms with Crippen molar-refractivity contribution in [2.45, 2.75) is 58.6 Å². The number of aromatic nitrogens is 4. The van der Waals surface area contributed by atoms with Crippen LogP contribution in [0.3, 0.4) is 0 Å². The fourth-order valence-corrected chi connectivity index (χ4v) is 5.12. The Hall–Kier alpha value is -4.20. The van der Waals surface area contributed by atoms with Crippen LogP contribution in [0.15, 0.2) is 58.0 Å². The highest BCUT2D eigenvalue weighted by Crippen LogP contribution is 2.32. The number of aryl methyl sites for hydroxylation is 1. The predicted molar refractivity (Wildman–Crippen MR) is 196 cm³/mol.